The number of methoxy groups -OCH3 is 1. The van der Waals surface area contributed by atoms with Gasteiger partial charge >= 0.3 is 0 Å². The molecule has 1 atom stereocenters. The Balaban J connectivity index is 2.00. The van der Waals surface area contributed by atoms with Gasteiger partial charge in [-0.05, 0) is 37.6 Å². The van der Waals surface area contributed by atoms with E-state index >= 15 is 0 Å². The first-order valence-corrected chi connectivity index (χ1v) is 7.17. The first-order valence-electron chi connectivity index (χ1n) is 7.17. The van der Waals surface area contributed by atoms with Crippen LogP contribution in [0.3, 0.4) is 0 Å². The Kier molecular flexibility index (Phi) is 3.78. The summed E-state index contributed by atoms with van der Waals surface area (Å²) in [5.74, 6) is -0.435. The smallest absolute Gasteiger partial charge is 0.172 e. The van der Waals surface area contributed by atoms with Gasteiger partial charge in [-0.3, -0.25) is 4.79 Å². The van der Waals surface area contributed by atoms with E-state index in [9.17, 15) is 9.18 Å². The van der Waals surface area contributed by atoms with Crippen molar-refractivity contribution in [1.29, 1.82) is 0 Å². The van der Waals surface area contributed by atoms with Crippen LogP contribution in [-0.4, -0.2) is 37.6 Å². The van der Waals surface area contributed by atoms with Gasteiger partial charge in [-0.1, -0.05) is 0 Å². The zero-order valence-corrected chi connectivity index (χ0v) is 12.0. The predicted octanol–water partition coefficient (Wildman–Crippen LogP) is 2.51. The van der Waals surface area contributed by atoms with Crippen LogP contribution in [0.5, 0.6) is 0 Å². The summed E-state index contributed by atoms with van der Waals surface area (Å²) in [5.41, 5.74) is 0.262. The number of fused-ring (bicyclic) bond motifs is 1. The number of hydrogen-bond donors (Lipinski definition) is 2. The van der Waals surface area contributed by atoms with Crippen molar-refractivity contribution in [2.45, 2.75) is 12.8 Å². The lowest BCUT2D eigenvalue weighted by molar-refractivity contribution is 0.0430. The minimum absolute atomic E-state index is 0.0430. The highest BCUT2D eigenvalue weighted by Gasteiger charge is 2.40. The van der Waals surface area contributed by atoms with Crippen molar-refractivity contribution >= 4 is 16.7 Å². The van der Waals surface area contributed by atoms with E-state index in [1.54, 1.807) is 25.4 Å². The zero-order chi connectivity index (χ0) is 14.9. The number of Topliss-reactive ketones (excluding diaryl/α,β-unsaturated/α-hetero) is 1. The van der Waals surface area contributed by atoms with Gasteiger partial charge < -0.3 is 15.0 Å². The lowest BCUT2D eigenvalue weighted by Gasteiger charge is -2.35. The van der Waals surface area contributed by atoms with Crippen molar-refractivity contribution in [2.75, 3.05) is 26.8 Å². The number of halogens is 1. The highest BCUT2D eigenvalue weighted by molar-refractivity contribution is 6.03. The summed E-state index contributed by atoms with van der Waals surface area (Å²) in [6.07, 6.45) is 3.36. The van der Waals surface area contributed by atoms with Gasteiger partial charge in [-0.2, -0.15) is 0 Å². The summed E-state index contributed by atoms with van der Waals surface area (Å²) in [4.78, 5) is 15.8. The summed E-state index contributed by atoms with van der Waals surface area (Å²) >= 11 is 0. The number of carbonyl (C=O) groups is 1. The average Bonchev–Trinajstić information content (AvgIpc) is 2.97. The van der Waals surface area contributed by atoms with E-state index in [1.165, 1.54) is 6.07 Å². The number of carbonyl (C=O) groups excluding carboxylic acids is 1. The molecule has 2 heterocycles. The fourth-order valence-corrected chi connectivity index (χ4v) is 3.19. The van der Waals surface area contributed by atoms with Crippen LogP contribution in [0.25, 0.3) is 10.9 Å². The minimum atomic E-state index is -0.594. The Morgan fingerprint density at radius 3 is 3.05 bits per heavy atom. The Morgan fingerprint density at radius 2 is 2.33 bits per heavy atom. The zero-order valence-electron chi connectivity index (χ0n) is 12.0. The molecule has 0 radical (unpaired) electrons. The van der Waals surface area contributed by atoms with E-state index in [0.29, 0.717) is 24.2 Å². The molecule has 112 valence electrons. The van der Waals surface area contributed by atoms with Crippen molar-refractivity contribution in [3.63, 3.8) is 0 Å². The molecule has 4 nitrogen and oxygen atoms in total. The topological polar surface area (TPSA) is 54.1 Å². The fourth-order valence-electron chi connectivity index (χ4n) is 3.19. The number of piperidine rings is 1. The molecule has 1 aliphatic heterocycles. The van der Waals surface area contributed by atoms with E-state index in [2.05, 4.69) is 10.3 Å². The van der Waals surface area contributed by atoms with Crippen molar-refractivity contribution < 1.29 is 13.9 Å². The molecule has 0 amide bonds. The molecular weight excluding hydrogens is 271 g/mol. The second-order valence-electron chi connectivity index (χ2n) is 5.72. The van der Waals surface area contributed by atoms with E-state index in [4.69, 9.17) is 4.74 Å². The first kappa shape index (κ1) is 14.2. The molecular formula is C16H19FN2O2. The molecule has 1 unspecified atom stereocenters. The van der Waals surface area contributed by atoms with Crippen LogP contribution in [-0.2, 0) is 4.74 Å². The number of H-pyrrole nitrogens is 1. The molecule has 5 heteroatoms. The number of aromatic nitrogens is 1. The van der Waals surface area contributed by atoms with Crippen LogP contribution in [0.1, 0.15) is 23.2 Å². The van der Waals surface area contributed by atoms with Crippen LogP contribution >= 0.6 is 0 Å². The Morgan fingerprint density at radius 1 is 1.48 bits per heavy atom. The van der Waals surface area contributed by atoms with Gasteiger partial charge in [0, 0.05) is 30.8 Å². The van der Waals surface area contributed by atoms with Gasteiger partial charge in [0.25, 0.3) is 0 Å². The molecule has 21 heavy (non-hydrogen) atoms. The lowest BCUT2D eigenvalue weighted by Crippen LogP contribution is -2.48. The highest BCUT2D eigenvalue weighted by atomic mass is 19.1. The number of benzene rings is 1. The van der Waals surface area contributed by atoms with Gasteiger partial charge in [-0.15, -0.1) is 0 Å². The first-order chi connectivity index (χ1) is 10.2. The van der Waals surface area contributed by atoms with Crippen molar-refractivity contribution in [3.05, 3.63) is 35.8 Å². The standard InChI is InChI=1S/C16H19FN2O2/c1-21-10-16(4-2-5-18-9-16)15(20)12-7-11-3-6-19-14(11)13(17)8-12/h3,6-8,18-19H,2,4-5,9-10H2,1H3. The van der Waals surface area contributed by atoms with E-state index in [1.807, 2.05) is 0 Å². The van der Waals surface area contributed by atoms with Crippen LogP contribution in [0.2, 0.25) is 0 Å². The lowest BCUT2D eigenvalue weighted by atomic mass is 9.75. The number of ether oxygens (including phenoxy) is 1. The number of aromatic amines is 1. The predicted molar refractivity (Wildman–Crippen MR) is 79.0 cm³/mol. The quantitative estimate of drug-likeness (QED) is 0.851. The maximum atomic E-state index is 14.1. The van der Waals surface area contributed by atoms with E-state index < -0.39 is 11.2 Å². The number of rotatable bonds is 4. The number of ketones is 1. The highest BCUT2D eigenvalue weighted by Crippen LogP contribution is 2.32. The molecule has 3 rings (SSSR count). The van der Waals surface area contributed by atoms with Crippen molar-refractivity contribution in [3.8, 4) is 0 Å². The SMILES string of the molecule is COCC1(C(=O)c2cc(F)c3[nH]ccc3c2)CCCNC1. The molecule has 0 aliphatic carbocycles. The van der Waals surface area contributed by atoms with Gasteiger partial charge in [0.15, 0.2) is 5.78 Å². The molecule has 2 N–H and O–H groups in total. The summed E-state index contributed by atoms with van der Waals surface area (Å²) in [6.45, 7) is 1.84. The second-order valence-corrected chi connectivity index (χ2v) is 5.72. The van der Waals surface area contributed by atoms with Crippen LogP contribution in [0, 0.1) is 11.2 Å². The van der Waals surface area contributed by atoms with Crippen LogP contribution in [0.4, 0.5) is 4.39 Å². The molecule has 1 saturated heterocycles. The Labute approximate surface area is 122 Å². The third kappa shape index (κ3) is 2.47. The molecule has 1 aromatic carbocycles. The van der Waals surface area contributed by atoms with Crippen LogP contribution in [0.15, 0.2) is 24.4 Å². The normalized spacial score (nSPS) is 22.6. The fraction of sp³-hybridized carbons (Fsp3) is 0.438. The van der Waals surface area contributed by atoms with Crippen molar-refractivity contribution in [2.24, 2.45) is 5.41 Å². The molecule has 1 aliphatic rings. The summed E-state index contributed by atoms with van der Waals surface area (Å²) in [7, 11) is 1.60. The van der Waals surface area contributed by atoms with Gasteiger partial charge in [0.1, 0.15) is 5.82 Å². The third-order valence-electron chi connectivity index (χ3n) is 4.25. The Hall–Kier alpha value is -1.72. The molecule has 0 bridgehead atoms. The molecule has 1 aromatic heterocycles. The van der Waals surface area contributed by atoms with E-state index in [-0.39, 0.29) is 5.78 Å². The maximum Gasteiger partial charge on any atom is 0.172 e. The van der Waals surface area contributed by atoms with Crippen molar-refractivity contribution in [1.82, 2.24) is 10.3 Å². The molecule has 2 aromatic rings. The van der Waals surface area contributed by atoms with E-state index in [0.717, 1.165) is 24.8 Å². The van der Waals surface area contributed by atoms with Crippen LogP contribution < -0.4 is 5.32 Å². The monoisotopic (exact) mass is 290 g/mol. The van der Waals surface area contributed by atoms with Gasteiger partial charge in [-0.25, -0.2) is 4.39 Å². The molecule has 1 fully saturated rings. The number of hydrogen-bond acceptors (Lipinski definition) is 3. The third-order valence-corrected chi connectivity index (χ3v) is 4.25. The molecule has 0 saturated carbocycles. The minimum Gasteiger partial charge on any atom is -0.384 e. The Bertz CT molecular complexity index is 654. The molecule has 0 spiro atoms. The van der Waals surface area contributed by atoms with Gasteiger partial charge in [0.2, 0.25) is 0 Å². The number of nitrogens with one attached hydrogen (secondary N) is 2. The average molecular weight is 290 g/mol. The second kappa shape index (κ2) is 5.58. The summed E-state index contributed by atoms with van der Waals surface area (Å²) < 4.78 is 19.4. The van der Waals surface area contributed by atoms with Gasteiger partial charge in [0.05, 0.1) is 17.5 Å². The largest absolute Gasteiger partial charge is 0.384 e. The summed E-state index contributed by atoms with van der Waals surface area (Å²) in [5, 5.41) is 3.97. The maximum absolute atomic E-state index is 14.1. The summed E-state index contributed by atoms with van der Waals surface area (Å²) in [6, 6.07) is 4.85.